The summed E-state index contributed by atoms with van der Waals surface area (Å²) in [7, 11) is 0. The number of thiophene rings is 1. The zero-order valence-corrected chi connectivity index (χ0v) is 18.9. The van der Waals surface area contributed by atoms with E-state index >= 15 is 0 Å². The predicted octanol–water partition coefficient (Wildman–Crippen LogP) is 7.11. The van der Waals surface area contributed by atoms with Crippen LogP contribution in [0.4, 0.5) is 5.69 Å². The average Bonchev–Trinajstić information content (AvgIpc) is 3.37. The van der Waals surface area contributed by atoms with Gasteiger partial charge in [-0.2, -0.15) is 0 Å². The van der Waals surface area contributed by atoms with Crippen LogP contribution < -0.4 is 0 Å². The molecule has 1 aliphatic heterocycles. The number of esters is 1. The SMILES string of the molecule is O=C1OC(c2sc3cc([N+](=O)[O-])ccc3c2Cl)=N/C1=C/c1c2ccccc2cc2ccccc12. The minimum Gasteiger partial charge on any atom is -0.401 e. The van der Waals surface area contributed by atoms with Gasteiger partial charge in [-0.1, -0.05) is 60.1 Å². The summed E-state index contributed by atoms with van der Waals surface area (Å²) < 4.78 is 6.10. The van der Waals surface area contributed by atoms with Gasteiger partial charge in [0.1, 0.15) is 4.88 Å². The molecule has 4 aromatic carbocycles. The zero-order valence-electron chi connectivity index (χ0n) is 17.3. The first-order valence-corrected chi connectivity index (χ1v) is 11.5. The van der Waals surface area contributed by atoms with E-state index in [0.717, 1.165) is 27.1 Å². The van der Waals surface area contributed by atoms with Crippen molar-refractivity contribution in [2.75, 3.05) is 0 Å². The molecule has 6 nitrogen and oxygen atoms in total. The quantitative estimate of drug-likeness (QED) is 0.0897. The Morgan fingerprint density at radius 3 is 2.29 bits per heavy atom. The number of rotatable bonds is 3. The summed E-state index contributed by atoms with van der Waals surface area (Å²) in [6.07, 6.45) is 1.74. The van der Waals surface area contributed by atoms with Crippen LogP contribution in [0.3, 0.4) is 0 Å². The first-order chi connectivity index (χ1) is 16.5. The van der Waals surface area contributed by atoms with Crippen LogP contribution in [0.15, 0.2) is 83.5 Å². The van der Waals surface area contributed by atoms with E-state index in [-0.39, 0.29) is 17.3 Å². The standard InChI is InChI=1S/C26H13ClN2O4S/c27-23-19-10-9-16(29(31)32)12-22(19)34-24(23)25-28-21(26(30)33-25)13-20-17-7-3-1-5-14(17)11-15-6-2-4-8-18(15)20/h1-13H/b21-13+. The molecule has 0 fully saturated rings. The van der Waals surface area contributed by atoms with Crippen LogP contribution in [-0.2, 0) is 9.53 Å². The third-order valence-electron chi connectivity index (χ3n) is 5.73. The molecule has 0 N–H and O–H groups in total. The molecule has 1 aliphatic rings. The first-order valence-electron chi connectivity index (χ1n) is 10.3. The van der Waals surface area contributed by atoms with Crippen molar-refractivity contribution in [2.45, 2.75) is 0 Å². The van der Waals surface area contributed by atoms with Crippen molar-refractivity contribution < 1.29 is 14.5 Å². The summed E-state index contributed by atoms with van der Waals surface area (Å²) in [4.78, 5) is 28.3. The summed E-state index contributed by atoms with van der Waals surface area (Å²) in [5.74, 6) is -0.485. The van der Waals surface area contributed by atoms with E-state index in [9.17, 15) is 14.9 Å². The van der Waals surface area contributed by atoms with Crippen molar-refractivity contribution >= 4 is 78.2 Å². The van der Waals surface area contributed by atoms with Gasteiger partial charge in [-0.05, 0) is 45.3 Å². The fourth-order valence-corrected chi connectivity index (χ4v) is 5.62. The van der Waals surface area contributed by atoms with E-state index in [1.165, 1.54) is 23.5 Å². The third-order valence-corrected chi connectivity index (χ3v) is 7.38. The van der Waals surface area contributed by atoms with Gasteiger partial charge in [0.15, 0.2) is 5.70 Å². The lowest BCUT2D eigenvalue weighted by atomic mass is 9.96. The normalized spacial score (nSPS) is 14.8. The second-order valence-electron chi connectivity index (χ2n) is 7.75. The Bertz CT molecular complexity index is 1700. The first kappa shape index (κ1) is 20.5. The van der Waals surface area contributed by atoms with Crippen molar-refractivity contribution in [1.29, 1.82) is 0 Å². The van der Waals surface area contributed by atoms with E-state index in [4.69, 9.17) is 16.3 Å². The Kier molecular flexibility index (Phi) is 4.69. The highest BCUT2D eigenvalue weighted by Gasteiger charge is 2.28. The van der Waals surface area contributed by atoms with Gasteiger partial charge in [0.05, 0.1) is 9.95 Å². The molecule has 0 spiro atoms. The third kappa shape index (κ3) is 3.25. The number of non-ortho nitro benzene ring substituents is 1. The van der Waals surface area contributed by atoms with Crippen LogP contribution in [-0.4, -0.2) is 16.8 Å². The molecule has 1 aromatic heterocycles. The number of nitrogens with zero attached hydrogens (tertiary/aromatic N) is 2. The van der Waals surface area contributed by atoms with Gasteiger partial charge in [0.25, 0.3) is 5.69 Å². The number of hydrogen-bond acceptors (Lipinski definition) is 6. The second-order valence-corrected chi connectivity index (χ2v) is 9.18. The molecule has 8 heteroatoms. The lowest BCUT2D eigenvalue weighted by Crippen LogP contribution is -2.04. The van der Waals surface area contributed by atoms with Crippen molar-refractivity contribution in [2.24, 2.45) is 4.99 Å². The molecular formula is C26H13ClN2O4S. The minimum absolute atomic E-state index is 0.0364. The minimum atomic E-state index is -0.577. The van der Waals surface area contributed by atoms with Crippen molar-refractivity contribution in [3.05, 3.63) is 104 Å². The van der Waals surface area contributed by atoms with Crippen LogP contribution >= 0.6 is 22.9 Å². The Balaban J connectivity index is 1.51. The lowest BCUT2D eigenvalue weighted by Gasteiger charge is -2.08. The Morgan fingerprint density at radius 1 is 0.941 bits per heavy atom. The maximum absolute atomic E-state index is 12.8. The van der Waals surface area contributed by atoms with E-state index in [1.807, 2.05) is 48.5 Å². The van der Waals surface area contributed by atoms with Gasteiger partial charge < -0.3 is 4.74 Å². The van der Waals surface area contributed by atoms with E-state index in [1.54, 1.807) is 12.1 Å². The van der Waals surface area contributed by atoms with Crippen LogP contribution in [0.2, 0.25) is 5.02 Å². The molecule has 0 saturated carbocycles. The highest BCUT2D eigenvalue weighted by molar-refractivity contribution is 7.21. The summed E-state index contributed by atoms with van der Waals surface area (Å²) in [5.41, 5.74) is 1.01. The fourth-order valence-electron chi connectivity index (χ4n) is 4.15. The summed E-state index contributed by atoms with van der Waals surface area (Å²) in [6.45, 7) is 0. The molecule has 164 valence electrons. The predicted molar refractivity (Wildman–Crippen MR) is 136 cm³/mol. The Hall–Kier alpha value is -4.07. The van der Waals surface area contributed by atoms with E-state index in [2.05, 4.69) is 11.1 Å². The molecule has 0 unspecified atom stereocenters. The van der Waals surface area contributed by atoms with Gasteiger partial charge in [-0.3, -0.25) is 10.1 Å². The van der Waals surface area contributed by atoms with Crippen LogP contribution in [0, 0.1) is 10.1 Å². The largest absolute Gasteiger partial charge is 0.401 e. The highest BCUT2D eigenvalue weighted by atomic mass is 35.5. The summed E-state index contributed by atoms with van der Waals surface area (Å²) >= 11 is 7.73. The molecule has 0 radical (unpaired) electrons. The van der Waals surface area contributed by atoms with Gasteiger partial charge in [-0.15, -0.1) is 11.3 Å². The summed E-state index contributed by atoms with van der Waals surface area (Å²) in [6, 6.07) is 22.5. The van der Waals surface area contributed by atoms with E-state index in [0.29, 0.717) is 20.0 Å². The van der Waals surface area contributed by atoms with Gasteiger partial charge in [0, 0.05) is 22.2 Å². The fraction of sp³-hybridized carbons (Fsp3) is 0. The molecule has 0 atom stereocenters. The number of nitro benzene ring substituents is 1. The molecule has 0 saturated heterocycles. The van der Waals surface area contributed by atoms with Gasteiger partial charge >= 0.3 is 5.97 Å². The number of cyclic esters (lactones) is 1. The van der Waals surface area contributed by atoms with Gasteiger partial charge in [0.2, 0.25) is 5.90 Å². The average molecular weight is 485 g/mol. The van der Waals surface area contributed by atoms with Crippen LogP contribution in [0.1, 0.15) is 10.4 Å². The number of hydrogen-bond donors (Lipinski definition) is 0. The monoisotopic (exact) mass is 484 g/mol. The zero-order chi connectivity index (χ0) is 23.4. The molecular weight excluding hydrogens is 472 g/mol. The number of ether oxygens (including phenoxy) is 1. The van der Waals surface area contributed by atoms with Crippen molar-refractivity contribution in [3.63, 3.8) is 0 Å². The number of halogens is 1. The number of aliphatic imine (C=N–C) groups is 1. The maximum atomic E-state index is 12.8. The molecule has 0 bridgehead atoms. The number of fused-ring (bicyclic) bond motifs is 3. The number of nitro groups is 1. The summed E-state index contributed by atoms with van der Waals surface area (Å²) in [5, 5.41) is 16.2. The van der Waals surface area contributed by atoms with E-state index < -0.39 is 10.9 Å². The van der Waals surface area contributed by atoms with Gasteiger partial charge in [-0.25, -0.2) is 9.79 Å². The van der Waals surface area contributed by atoms with Crippen molar-refractivity contribution in [3.8, 4) is 0 Å². The molecule has 6 rings (SSSR count). The topological polar surface area (TPSA) is 81.8 Å². The molecule has 0 amide bonds. The highest BCUT2D eigenvalue weighted by Crippen LogP contribution is 2.39. The molecule has 5 aromatic rings. The van der Waals surface area contributed by atoms with Crippen LogP contribution in [0.25, 0.3) is 37.7 Å². The molecule has 34 heavy (non-hydrogen) atoms. The van der Waals surface area contributed by atoms with Crippen molar-refractivity contribution in [1.82, 2.24) is 0 Å². The number of carbonyl (C=O) groups excluding carboxylic acids is 1. The molecule has 2 heterocycles. The number of carbonyl (C=O) groups is 1. The lowest BCUT2D eigenvalue weighted by molar-refractivity contribution is -0.384. The Morgan fingerprint density at radius 2 is 1.62 bits per heavy atom. The maximum Gasteiger partial charge on any atom is 0.363 e. The Labute approximate surface area is 201 Å². The smallest absolute Gasteiger partial charge is 0.363 e. The van der Waals surface area contributed by atoms with Crippen LogP contribution in [0.5, 0.6) is 0 Å². The second kappa shape index (κ2) is 7.76. The molecule has 0 aliphatic carbocycles. The number of benzene rings is 4.